The molecule has 1 N–H and O–H groups in total. The molecular weight excluding hydrogens is 384 g/mol. The highest BCUT2D eigenvalue weighted by molar-refractivity contribution is 7.19. The molecule has 1 atom stereocenters. The predicted molar refractivity (Wildman–Crippen MR) is 116 cm³/mol. The molecule has 7 heteroatoms. The summed E-state index contributed by atoms with van der Waals surface area (Å²) in [6.07, 6.45) is 9.45. The molecule has 0 saturated heterocycles. The molecule has 0 spiro atoms. The molecule has 2 aliphatic carbocycles. The first-order valence-electron chi connectivity index (χ1n) is 10.8. The second kappa shape index (κ2) is 8.66. The summed E-state index contributed by atoms with van der Waals surface area (Å²) in [5, 5.41) is 10.4. The first-order chi connectivity index (χ1) is 14.0. The monoisotopic (exact) mass is 416 g/mol. The number of aryl methyl sites for hydroxylation is 1. The second-order valence-electron chi connectivity index (χ2n) is 8.86. The minimum Gasteiger partial charge on any atom is -0.395 e. The summed E-state index contributed by atoms with van der Waals surface area (Å²) in [6.45, 7) is 0.376. The number of amides is 1. The van der Waals surface area contributed by atoms with Crippen LogP contribution in [0.25, 0.3) is 10.2 Å². The summed E-state index contributed by atoms with van der Waals surface area (Å²) in [7, 11) is 6.14. The zero-order valence-electron chi connectivity index (χ0n) is 17.7. The van der Waals surface area contributed by atoms with E-state index in [2.05, 4.69) is 24.0 Å². The average molecular weight is 417 g/mol. The Morgan fingerprint density at radius 1 is 1.17 bits per heavy atom. The highest BCUT2D eigenvalue weighted by Gasteiger charge is 2.35. The van der Waals surface area contributed by atoms with Crippen LogP contribution in [0.4, 0.5) is 0 Å². The number of carbonyl (C=O) groups excluding carboxylic acids is 1. The summed E-state index contributed by atoms with van der Waals surface area (Å²) in [4.78, 5) is 28.6. The van der Waals surface area contributed by atoms with Crippen molar-refractivity contribution in [1.29, 1.82) is 0 Å². The van der Waals surface area contributed by atoms with Crippen molar-refractivity contribution >= 4 is 27.5 Å². The lowest BCUT2D eigenvalue weighted by molar-refractivity contribution is -0.131. The van der Waals surface area contributed by atoms with Crippen LogP contribution in [0.2, 0.25) is 0 Å². The summed E-state index contributed by atoms with van der Waals surface area (Å²) in [6, 6.07) is 0.700. The van der Waals surface area contributed by atoms with Gasteiger partial charge in [0.15, 0.2) is 0 Å². The van der Waals surface area contributed by atoms with E-state index in [1.807, 2.05) is 0 Å². The topological polar surface area (TPSA) is 69.6 Å². The van der Waals surface area contributed by atoms with Gasteiger partial charge in [-0.25, -0.2) is 9.97 Å². The Labute approximate surface area is 176 Å². The van der Waals surface area contributed by atoms with Crippen molar-refractivity contribution in [1.82, 2.24) is 19.8 Å². The fraction of sp³-hybridized carbons (Fsp3) is 0.682. The van der Waals surface area contributed by atoms with Gasteiger partial charge in [0.25, 0.3) is 0 Å². The number of aliphatic hydroxyl groups excluding tert-OH is 1. The molecule has 0 radical (unpaired) electrons. The Balaban J connectivity index is 1.60. The number of aliphatic hydroxyl groups is 1. The Morgan fingerprint density at radius 2 is 1.93 bits per heavy atom. The molecule has 0 aliphatic heterocycles. The smallest absolute Gasteiger partial charge is 0.230 e. The lowest BCUT2D eigenvalue weighted by Crippen LogP contribution is -2.33. The number of hydrogen-bond acceptors (Lipinski definition) is 6. The average Bonchev–Trinajstić information content (AvgIpc) is 3.27. The lowest BCUT2D eigenvalue weighted by Gasteiger charge is -2.32. The van der Waals surface area contributed by atoms with Crippen LogP contribution < -0.4 is 0 Å². The number of carbonyl (C=O) groups is 1. The van der Waals surface area contributed by atoms with Crippen LogP contribution in [0, 0.1) is 5.92 Å². The molecule has 2 aliphatic rings. The molecule has 158 valence electrons. The Bertz CT molecular complexity index is 873. The quantitative estimate of drug-likeness (QED) is 0.784. The van der Waals surface area contributed by atoms with E-state index in [1.54, 1.807) is 29.6 Å². The highest BCUT2D eigenvalue weighted by Crippen LogP contribution is 2.45. The summed E-state index contributed by atoms with van der Waals surface area (Å²) in [5.41, 5.74) is 2.31. The first-order valence-corrected chi connectivity index (χ1v) is 11.6. The largest absolute Gasteiger partial charge is 0.395 e. The number of thiophene rings is 1. The normalized spacial score (nSPS) is 24.2. The standard InChI is InChI=1S/C22H32N4O2S/c1-25(2)15-6-4-14(5-7-15)12-17-20-19-16(22(28)26(3)10-11-27)8-9-18(19)29-21(20)24-13-23-17/h13-16,27H,4-12H2,1-3H3. The van der Waals surface area contributed by atoms with Gasteiger partial charge >= 0.3 is 0 Å². The highest BCUT2D eigenvalue weighted by atomic mass is 32.1. The van der Waals surface area contributed by atoms with Gasteiger partial charge in [-0.15, -0.1) is 11.3 Å². The number of hydrogen-bond donors (Lipinski definition) is 1. The fourth-order valence-electron chi connectivity index (χ4n) is 5.10. The third-order valence-corrected chi connectivity index (χ3v) is 8.00. The van der Waals surface area contributed by atoms with Crippen molar-refractivity contribution < 1.29 is 9.90 Å². The van der Waals surface area contributed by atoms with E-state index in [4.69, 9.17) is 4.98 Å². The molecule has 0 aromatic carbocycles. The summed E-state index contributed by atoms with van der Waals surface area (Å²) < 4.78 is 0. The minimum atomic E-state index is -0.121. The summed E-state index contributed by atoms with van der Waals surface area (Å²) >= 11 is 1.74. The van der Waals surface area contributed by atoms with Crippen LogP contribution in [0.3, 0.4) is 0 Å². The Hall–Kier alpha value is -1.57. The van der Waals surface area contributed by atoms with Crippen molar-refractivity contribution in [3.8, 4) is 0 Å². The van der Waals surface area contributed by atoms with E-state index in [1.165, 1.54) is 36.1 Å². The lowest BCUT2D eigenvalue weighted by atomic mass is 9.82. The maximum atomic E-state index is 13.0. The van der Waals surface area contributed by atoms with Crippen molar-refractivity contribution in [2.24, 2.45) is 5.92 Å². The van der Waals surface area contributed by atoms with Crippen LogP contribution in [0.1, 0.15) is 54.2 Å². The Morgan fingerprint density at radius 3 is 2.62 bits per heavy atom. The van der Waals surface area contributed by atoms with E-state index in [9.17, 15) is 9.90 Å². The molecule has 1 saturated carbocycles. The molecule has 1 unspecified atom stereocenters. The van der Waals surface area contributed by atoms with Gasteiger partial charge in [0.2, 0.25) is 5.91 Å². The molecule has 1 amide bonds. The third-order valence-electron chi connectivity index (χ3n) is 6.83. The van der Waals surface area contributed by atoms with Gasteiger partial charge in [-0.1, -0.05) is 0 Å². The predicted octanol–water partition coefficient (Wildman–Crippen LogP) is 2.83. The zero-order valence-corrected chi connectivity index (χ0v) is 18.5. The van der Waals surface area contributed by atoms with E-state index in [-0.39, 0.29) is 18.4 Å². The molecule has 2 aromatic heterocycles. The SMILES string of the molecule is CN(CCO)C(=O)C1CCc2sc3ncnc(CC4CCC(N(C)C)CC4)c3c21. The van der Waals surface area contributed by atoms with E-state index in [0.717, 1.165) is 35.2 Å². The van der Waals surface area contributed by atoms with Crippen LogP contribution in [0.5, 0.6) is 0 Å². The van der Waals surface area contributed by atoms with Crippen LogP contribution in [-0.4, -0.2) is 71.1 Å². The van der Waals surface area contributed by atoms with Gasteiger partial charge < -0.3 is 14.9 Å². The molecule has 29 heavy (non-hydrogen) atoms. The number of rotatable bonds is 6. The van der Waals surface area contributed by atoms with E-state index in [0.29, 0.717) is 18.5 Å². The summed E-state index contributed by atoms with van der Waals surface area (Å²) in [5.74, 6) is 0.649. The van der Waals surface area contributed by atoms with Gasteiger partial charge in [-0.2, -0.15) is 0 Å². The number of aromatic nitrogens is 2. The van der Waals surface area contributed by atoms with E-state index >= 15 is 0 Å². The number of likely N-dealkylation sites (N-methyl/N-ethyl adjacent to an activating group) is 1. The van der Waals surface area contributed by atoms with Gasteiger partial charge in [0.1, 0.15) is 11.2 Å². The number of fused-ring (bicyclic) bond motifs is 3. The minimum absolute atomic E-state index is 0.00378. The molecule has 2 heterocycles. The van der Waals surface area contributed by atoms with Crippen molar-refractivity contribution in [3.63, 3.8) is 0 Å². The van der Waals surface area contributed by atoms with Gasteiger partial charge in [-0.3, -0.25) is 4.79 Å². The van der Waals surface area contributed by atoms with Crippen LogP contribution >= 0.6 is 11.3 Å². The molecule has 1 fully saturated rings. The molecule has 2 aromatic rings. The molecule has 0 bridgehead atoms. The molecular formula is C22H32N4O2S. The Kier molecular flexibility index (Phi) is 6.18. The molecule has 6 nitrogen and oxygen atoms in total. The van der Waals surface area contributed by atoms with Crippen molar-refractivity contribution in [2.75, 3.05) is 34.3 Å². The zero-order chi connectivity index (χ0) is 20.5. The maximum absolute atomic E-state index is 13.0. The van der Waals surface area contributed by atoms with Crippen molar-refractivity contribution in [3.05, 3.63) is 22.5 Å². The second-order valence-corrected chi connectivity index (χ2v) is 9.94. The van der Waals surface area contributed by atoms with Crippen LogP contribution in [0.15, 0.2) is 6.33 Å². The third kappa shape index (κ3) is 4.05. The van der Waals surface area contributed by atoms with Crippen LogP contribution in [-0.2, 0) is 17.6 Å². The van der Waals surface area contributed by atoms with E-state index < -0.39 is 0 Å². The fourth-order valence-corrected chi connectivity index (χ4v) is 6.34. The van der Waals surface area contributed by atoms with Crippen molar-refractivity contribution in [2.45, 2.75) is 56.9 Å². The van der Waals surface area contributed by atoms with Gasteiger partial charge in [0.05, 0.1) is 18.2 Å². The first kappa shape index (κ1) is 20.7. The maximum Gasteiger partial charge on any atom is 0.230 e. The van der Waals surface area contributed by atoms with Gasteiger partial charge in [0, 0.05) is 29.9 Å². The van der Waals surface area contributed by atoms with Gasteiger partial charge in [-0.05, 0) is 70.5 Å². The number of nitrogens with zero attached hydrogens (tertiary/aromatic N) is 4. The molecule has 4 rings (SSSR count).